The van der Waals surface area contributed by atoms with Gasteiger partial charge in [0.05, 0.1) is 19.8 Å². The molecular weight excluding hydrogens is 861 g/mol. The Labute approximate surface area is 400 Å². The first-order valence-corrected chi connectivity index (χ1v) is 26.7. The predicted octanol–water partition coefficient (Wildman–Crippen LogP) is 11.6. The number of carbonyl (C=O) groups is 1. The lowest BCUT2D eigenvalue weighted by molar-refractivity contribution is -0.301. The Bertz CT molecular complexity index is 1470. The summed E-state index contributed by atoms with van der Waals surface area (Å²) in [5, 5.41) is 30.7. The number of esters is 1. The maximum absolute atomic E-state index is 12.9. The van der Waals surface area contributed by atoms with Gasteiger partial charge in [-0.15, -0.1) is 0 Å². The highest BCUT2D eigenvalue weighted by Crippen LogP contribution is 2.26. The van der Waals surface area contributed by atoms with Crippen molar-refractivity contribution in [3.8, 4) is 0 Å². The molecule has 1 aliphatic heterocycles. The van der Waals surface area contributed by atoms with Gasteiger partial charge in [0, 0.05) is 13.0 Å². The SMILES string of the molecule is CC/C=C\C/C=C\C/C=C\C/C=C\C/C=C\CCCC(=O)OC(COCCCCCCCCCCCC/C=C\C/C=C\CCCCCCC)COC1OC(CO)C(O)C(OS(=O)(=O)O)C1O. The molecule has 4 N–H and O–H groups in total. The van der Waals surface area contributed by atoms with Gasteiger partial charge in [-0.25, -0.2) is 4.18 Å². The highest BCUT2D eigenvalue weighted by atomic mass is 32.3. The van der Waals surface area contributed by atoms with E-state index in [0.717, 1.165) is 57.8 Å². The topological polar surface area (TPSA) is 178 Å². The number of carbonyl (C=O) groups excluding carboxylic acids is 1. The minimum Gasteiger partial charge on any atom is -0.457 e. The molecule has 1 saturated heterocycles. The molecule has 66 heavy (non-hydrogen) atoms. The van der Waals surface area contributed by atoms with Gasteiger partial charge in [0.2, 0.25) is 0 Å². The fraction of sp³-hybridized carbons (Fsp3) is 0.717. The molecule has 380 valence electrons. The summed E-state index contributed by atoms with van der Waals surface area (Å²) in [6.45, 7) is 3.78. The lowest BCUT2D eigenvalue weighted by Gasteiger charge is -2.41. The van der Waals surface area contributed by atoms with Crippen molar-refractivity contribution in [2.24, 2.45) is 0 Å². The normalized spacial score (nSPS) is 20.2. The van der Waals surface area contributed by atoms with Gasteiger partial charge in [-0.05, 0) is 83.5 Å². The summed E-state index contributed by atoms with van der Waals surface area (Å²) in [6, 6.07) is 0. The van der Waals surface area contributed by atoms with Gasteiger partial charge < -0.3 is 34.3 Å². The van der Waals surface area contributed by atoms with Crippen LogP contribution in [0.4, 0.5) is 0 Å². The lowest BCUT2D eigenvalue weighted by Crippen LogP contribution is -2.60. The van der Waals surface area contributed by atoms with Crippen LogP contribution in [0.15, 0.2) is 85.1 Å². The number of rotatable bonds is 43. The van der Waals surface area contributed by atoms with Crippen LogP contribution in [0.5, 0.6) is 0 Å². The van der Waals surface area contributed by atoms with Crippen molar-refractivity contribution < 1.29 is 56.2 Å². The summed E-state index contributed by atoms with van der Waals surface area (Å²) in [5.41, 5.74) is 0. The van der Waals surface area contributed by atoms with Crippen LogP contribution in [0, 0.1) is 0 Å². The van der Waals surface area contributed by atoms with E-state index in [4.69, 9.17) is 18.9 Å². The molecule has 1 aliphatic rings. The average Bonchev–Trinajstić information content (AvgIpc) is 3.29. The molecule has 1 heterocycles. The number of allylic oxidation sites excluding steroid dienone is 14. The summed E-state index contributed by atoms with van der Waals surface area (Å²) < 4.78 is 59.2. The second kappa shape index (κ2) is 43.6. The van der Waals surface area contributed by atoms with E-state index in [-0.39, 0.29) is 19.6 Å². The molecule has 12 nitrogen and oxygen atoms in total. The lowest BCUT2D eigenvalue weighted by atomic mass is 9.99. The van der Waals surface area contributed by atoms with Gasteiger partial charge in [0.1, 0.15) is 30.5 Å². The number of hydrogen-bond acceptors (Lipinski definition) is 11. The van der Waals surface area contributed by atoms with Crippen LogP contribution < -0.4 is 0 Å². The number of ether oxygens (including phenoxy) is 4. The van der Waals surface area contributed by atoms with Crippen molar-refractivity contribution >= 4 is 16.4 Å². The molecule has 0 aliphatic carbocycles. The summed E-state index contributed by atoms with van der Waals surface area (Å²) in [7, 11) is -5.08. The first-order valence-electron chi connectivity index (χ1n) is 25.3. The summed E-state index contributed by atoms with van der Waals surface area (Å²) in [6.07, 6.45) is 49.1. The largest absolute Gasteiger partial charge is 0.457 e. The molecule has 0 aromatic carbocycles. The zero-order valence-electron chi connectivity index (χ0n) is 40.7. The minimum atomic E-state index is -5.08. The molecule has 0 bridgehead atoms. The number of aliphatic hydroxyl groups excluding tert-OH is 3. The second-order valence-corrected chi connectivity index (χ2v) is 18.1. The molecule has 0 radical (unpaired) electrons. The maximum atomic E-state index is 12.9. The van der Waals surface area contributed by atoms with E-state index >= 15 is 0 Å². The Balaban J connectivity index is 2.40. The Morgan fingerprint density at radius 3 is 1.53 bits per heavy atom. The predicted molar refractivity (Wildman–Crippen MR) is 266 cm³/mol. The minimum absolute atomic E-state index is 0.00637. The molecular formula is C53H90O12S. The van der Waals surface area contributed by atoms with E-state index in [2.05, 4.69) is 97.0 Å². The van der Waals surface area contributed by atoms with Crippen LogP contribution in [0.3, 0.4) is 0 Å². The number of unbranched alkanes of at least 4 members (excludes halogenated alkanes) is 16. The van der Waals surface area contributed by atoms with Crippen molar-refractivity contribution in [3.63, 3.8) is 0 Å². The van der Waals surface area contributed by atoms with Crippen LogP contribution in [0.1, 0.15) is 181 Å². The zero-order chi connectivity index (χ0) is 48.2. The quantitative estimate of drug-likeness (QED) is 0.0197. The van der Waals surface area contributed by atoms with Crippen molar-refractivity contribution in [1.82, 2.24) is 0 Å². The van der Waals surface area contributed by atoms with Gasteiger partial charge in [-0.1, -0.05) is 176 Å². The van der Waals surface area contributed by atoms with Gasteiger partial charge in [0.25, 0.3) is 0 Å². The Morgan fingerprint density at radius 2 is 1.05 bits per heavy atom. The van der Waals surface area contributed by atoms with E-state index in [1.54, 1.807) is 0 Å². The fourth-order valence-electron chi connectivity index (χ4n) is 7.21. The smallest absolute Gasteiger partial charge is 0.397 e. The first kappa shape index (κ1) is 61.3. The van der Waals surface area contributed by atoms with Crippen molar-refractivity contribution in [2.75, 3.05) is 26.4 Å². The highest BCUT2D eigenvalue weighted by molar-refractivity contribution is 7.80. The molecule has 0 aromatic rings. The number of aliphatic hydroxyl groups is 3. The molecule has 1 fully saturated rings. The van der Waals surface area contributed by atoms with Crippen LogP contribution >= 0.6 is 0 Å². The monoisotopic (exact) mass is 951 g/mol. The average molecular weight is 951 g/mol. The van der Waals surface area contributed by atoms with Gasteiger partial charge in [-0.3, -0.25) is 9.35 Å². The molecule has 13 heteroatoms. The molecule has 1 rings (SSSR count). The molecule has 0 amide bonds. The molecule has 0 saturated carbocycles. The van der Waals surface area contributed by atoms with Crippen LogP contribution in [-0.2, 0) is 38.3 Å². The summed E-state index contributed by atoms with van der Waals surface area (Å²) in [4.78, 5) is 12.9. The van der Waals surface area contributed by atoms with Crippen molar-refractivity contribution in [1.29, 1.82) is 0 Å². The second-order valence-electron chi connectivity index (χ2n) is 17.0. The molecule has 6 atom stereocenters. The van der Waals surface area contributed by atoms with Gasteiger partial charge in [0.15, 0.2) is 6.29 Å². The Hall–Kier alpha value is -2.72. The van der Waals surface area contributed by atoms with Crippen molar-refractivity contribution in [2.45, 2.75) is 218 Å². The van der Waals surface area contributed by atoms with E-state index in [0.29, 0.717) is 19.4 Å². The Morgan fingerprint density at radius 1 is 0.591 bits per heavy atom. The fourth-order valence-corrected chi connectivity index (χ4v) is 7.72. The van der Waals surface area contributed by atoms with Gasteiger partial charge in [-0.2, -0.15) is 8.42 Å². The first-order chi connectivity index (χ1) is 32.1. The maximum Gasteiger partial charge on any atom is 0.397 e. The van der Waals surface area contributed by atoms with E-state index in [9.17, 15) is 33.1 Å². The molecule has 6 unspecified atom stereocenters. The third kappa shape index (κ3) is 36.3. The van der Waals surface area contributed by atoms with Crippen LogP contribution in [0.25, 0.3) is 0 Å². The molecule has 0 aromatic heterocycles. The molecule has 0 spiro atoms. The van der Waals surface area contributed by atoms with Crippen LogP contribution in [0.2, 0.25) is 0 Å². The third-order valence-corrected chi connectivity index (χ3v) is 11.5. The number of hydrogen-bond donors (Lipinski definition) is 4. The highest BCUT2D eigenvalue weighted by Gasteiger charge is 2.48. The zero-order valence-corrected chi connectivity index (χ0v) is 41.5. The van der Waals surface area contributed by atoms with E-state index < -0.39 is 59.8 Å². The summed E-state index contributed by atoms with van der Waals surface area (Å²) >= 11 is 0. The van der Waals surface area contributed by atoms with Crippen molar-refractivity contribution in [3.05, 3.63) is 85.1 Å². The van der Waals surface area contributed by atoms with Crippen LogP contribution in [-0.4, -0.2) is 97.5 Å². The Kier molecular flexibility index (Phi) is 40.4. The third-order valence-electron chi connectivity index (χ3n) is 11.0. The van der Waals surface area contributed by atoms with Gasteiger partial charge >= 0.3 is 16.4 Å². The standard InChI is InChI=1S/C53H90O12S/c1-3-5-7-9-11-13-15-17-19-21-22-23-24-25-27-29-31-33-35-37-39-41-43-61-45-47(46-62-53-51(57)52(65-66(58,59)60)50(56)48(44-54)64-53)63-49(55)42-40-38-36-34-32-30-28-26-20-18-16-14-12-10-8-6-4-2/h6,8,12,14-15,17-18,20-22,28,30,34,36,47-48,50-54,56-57H,3-5,7,9-11,13,16,19,23-27,29,31-33,35,37-46H2,1-2H3,(H,58,59,60)/b8-6-,14-12-,17-15-,20-18-,22-21-,30-28-,36-34-. The summed E-state index contributed by atoms with van der Waals surface area (Å²) in [5.74, 6) is -0.459. The van der Waals surface area contributed by atoms with E-state index in [1.807, 2.05) is 6.08 Å². The van der Waals surface area contributed by atoms with E-state index in [1.165, 1.54) is 89.9 Å².